The van der Waals surface area contributed by atoms with Crippen LogP contribution in [0, 0.1) is 11.3 Å². The number of ether oxygens (including phenoxy) is 1. The molecular weight excluding hydrogens is 269 g/mol. The Morgan fingerprint density at radius 1 is 1.25 bits per heavy atom. The first-order valence-electron chi connectivity index (χ1n) is 6.31. The number of likely N-dealkylation sites (tertiary alicyclic amines) is 1. The van der Waals surface area contributed by atoms with Crippen molar-refractivity contribution >= 4 is 0 Å². The monoisotopic (exact) mass is 284 g/mol. The normalized spacial score (nSPS) is 19.4. The molecule has 1 saturated heterocycles. The molecule has 0 radical (unpaired) electrons. The molecule has 0 unspecified atom stereocenters. The third kappa shape index (κ3) is 2.73. The molecule has 108 valence electrons. The van der Waals surface area contributed by atoms with E-state index in [0.717, 1.165) is 0 Å². The third-order valence-electron chi connectivity index (χ3n) is 3.62. The first kappa shape index (κ1) is 14.7. The van der Waals surface area contributed by atoms with Gasteiger partial charge in [0.25, 0.3) is 0 Å². The van der Waals surface area contributed by atoms with Crippen molar-refractivity contribution < 1.29 is 17.9 Å². The summed E-state index contributed by atoms with van der Waals surface area (Å²) < 4.78 is 45.6. The molecule has 0 N–H and O–H groups in total. The van der Waals surface area contributed by atoms with Gasteiger partial charge in [0, 0.05) is 25.9 Å². The van der Waals surface area contributed by atoms with Crippen molar-refractivity contribution in [3.8, 4) is 11.8 Å². The summed E-state index contributed by atoms with van der Waals surface area (Å²) in [4.78, 5) is 1.84. The second kappa shape index (κ2) is 5.33. The Labute approximate surface area is 115 Å². The number of hydrogen-bond acceptors (Lipinski definition) is 3. The Hall–Kier alpha value is -1.74. The van der Waals surface area contributed by atoms with E-state index in [4.69, 9.17) is 10.00 Å². The van der Waals surface area contributed by atoms with Gasteiger partial charge in [-0.15, -0.1) is 0 Å². The van der Waals surface area contributed by atoms with Gasteiger partial charge in [-0.25, -0.2) is 0 Å². The zero-order valence-electron chi connectivity index (χ0n) is 11.1. The Morgan fingerprint density at radius 2 is 1.85 bits per heavy atom. The molecule has 0 atom stereocenters. The minimum absolute atomic E-state index is 0.00289. The van der Waals surface area contributed by atoms with Gasteiger partial charge < -0.3 is 9.64 Å². The lowest BCUT2D eigenvalue weighted by Crippen LogP contribution is -2.56. The van der Waals surface area contributed by atoms with Gasteiger partial charge in [0.1, 0.15) is 11.8 Å². The van der Waals surface area contributed by atoms with Crippen LogP contribution in [0.3, 0.4) is 0 Å². The van der Waals surface area contributed by atoms with Crippen LogP contribution in [0.5, 0.6) is 5.75 Å². The second-order valence-electron chi connectivity index (χ2n) is 5.01. The summed E-state index contributed by atoms with van der Waals surface area (Å²) in [7, 11) is 1.78. The van der Waals surface area contributed by atoms with E-state index in [9.17, 15) is 13.2 Å². The largest absolute Gasteiger partial charge is 0.476 e. The van der Waals surface area contributed by atoms with Crippen LogP contribution in [0.1, 0.15) is 18.4 Å². The van der Waals surface area contributed by atoms with Gasteiger partial charge in [0.2, 0.25) is 5.60 Å². The average molecular weight is 284 g/mol. The van der Waals surface area contributed by atoms with Crippen LogP contribution in [-0.4, -0.2) is 36.8 Å². The molecule has 1 fully saturated rings. The molecule has 0 spiro atoms. The van der Waals surface area contributed by atoms with E-state index in [1.54, 1.807) is 19.2 Å². The van der Waals surface area contributed by atoms with Gasteiger partial charge >= 0.3 is 6.18 Å². The predicted molar refractivity (Wildman–Crippen MR) is 67.3 cm³/mol. The number of piperidine rings is 1. The van der Waals surface area contributed by atoms with Crippen LogP contribution in [0.4, 0.5) is 13.2 Å². The van der Waals surface area contributed by atoms with Crippen molar-refractivity contribution in [3.63, 3.8) is 0 Å². The molecular formula is C14H15F3N2O. The number of halogens is 3. The van der Waals surface area contributed by atoms with Gasteiger partial charge in [-0.2, -0.15) is 18.4 Å². The number of hydrogen-bond donors (Lipinski definition) is 0. The number of nitrogens with zero attached hydrogens (tertiary/aromatic N) is 2. The van der Waals surface area contributed by atoms with E-state index in [2.05, 4.69) is 0 Å². The maximum absolute atomic E-state index is 13.4. The van der Waals surface area contributed by atoms with Crippen molar-refractivity contribution in [2.75, 3.05) is 20.1 Å². The predicted octanol–water partition coefficient (Wildman–Crippen LogP) is 2.96. The Kier molecular flexibility index (Phi) is 3.91. The fourth-order valence-corrected chi connectivity index (χ4v) is 2.28. The molecule has 6 heteroatoms. The summed E-state index contributed by atoms with van der Waals surface area (Å²) in [5.74, 6) is -0.00289. The molecule has 3 nitrogen and oxygen atoms in total. The first-order valence-corrected chi connectivity index (χ1v) is 6.31. The van der Waals surface area contributed by atoms with Crippen LogP contribution in [0.25, 0.3) is 0 Å². The minimum Gasteiger partial charge on any atom is -0.476 e. The third-order valence-corrected chi connectivity index (χ3v) is 3.62. The number of alkyl halides is 3. The highest BCUT2D eigenvalue weighted by Crippen LogP contribution is 2.42. The molecule has 0 aromatic heterocycles. The molecule has 0 amide bonds. The van der Waals surface area contributed by atoms with Crippen molar-refractivity contribution in [1.82, 2.24) is 4.90 Å². The van der Waals surface area contributed by atoms with Gasteiger partial charge in [0.05, 0.1) is 5.56 Å². The van der Waals surface area contributed by atoms with E-state index < -0.39 is 11.8 Å². The van der Waals surface area contributed by atoms with E-state index >= 15 is 0 Å². The minimum atomic E-state index is -4.46. The van der Waals surface area contributed by atoms with Gasteiger partial charge in [-0.05, 0) is 19.2 Å². The zero-order valence-corrected chi connectivity index (χ0v) is 11.1. The summed E-state index contributed by atoms with van der Waals surface area (Å²) in [6.07, 6.45) is -4.73. The number of nitriles is 1. The van der Waals surface area contributed by atoms with Crippen LogP contribution in [0.15, 0.2) is 24.3 Å². The van der Waals surface area contributed by atoms with Gasteiger partial charge in [0.15, 0.2) is 0 Å². The van der Waals surface area contributed by atoms with E-state index in [1.165, 1.54) is 12.1 Å². The lowest BCUT2D eigenvalue weighted by molar-refractivity contribution is -0.260. The Bertz CT molecular complexity index is 514. The van der Waals surface area contributed by atoms with E-state index in [1.807, 2.05) is 11.0 Å². The number of para-hydroxylation sites is 1. The molecule has 1 heterocycles. The highest BCUT2D eigenvalue weighted by molar-refractivity contribution is 5.43. The summed E-state index contributed by atoms with van der Waals surface area (Å²) in [5, 5.41) is 8.96. The summed E-state index contributed by atoms with van der Waals surface area (Å²) in [5.41, 5.74) is -2.08. The SMILES string of the molecule is CN1CCC(Oc2ccccc2C#N)(C(F)(F)F)CC1. The van der Waals surface area contributed by atoms with Crippen LogP contribution in [-0.2, 0) is 0 Å². The van der Waals surface area contributed by atoms with Crippen molar-refractivity contribution in [2.24, 2.45) is 0 Å². The molecule has 1 aromatic rings. The molecule has 1 aliphatic heterocycles. The zero-order chi connectivity index (χ0) is 14.8. The highest BCUT2D eigenvalue weighted by Gasteiger charge is 2.58. The lowest BCUT2D eigenvalue weighted by atomic mass is 9.90. The molecule has 0 aliphatic carbocycles. The van der Waals surface area contributed by atoms with Gasteiger partial charge in [-0.1, -0.05) is 12.1 Å². The molecule has 1 aliphatic rings. The van der Waals surface area contributed by atoms with Crippen molar-refractivity contribution in [2.45, 2.75) is 24.6 Å². The topological polar surface area (TPSA) is 36.3 Å². The van der Waals surface area contributed by atoms with Crippen molar-refractivity contribution in [3.05, 3.63) is 29.8 Å². The fourth-order valence-electron chi connectivity index (χ4n) is 2.28. The number of rotatable bonds is 2. The molecule has 20 heavy (non-hydrogen) atoms. The molecule has 1 aromatic carbocycles. The maximum atomic E-state index is 13.4. The molecule has 2 rings (SSSR count). The van der Waals surface area contributed by atoms with Gasteiger partial charge in [-0.3, -0.25) is 0 Å². The molecule has 0 saturated carbocycles. The van der Waals surface area contributed by atoms with Crippen LogP contribution < -0.4 is 4.74 Å². The standard InChI is InChI=1S/C14H15F3N2O/c1-19-8-6-13(7-9-19,14(15,16)17)20-12-5-3-2-4-11(12)10-18/h2-5H,6-9H2,1H3. The lowest BCUT2D eigenvalue weighted by Gasteiger charge is -2.41. The van der Waals surface area contributed by atoms with E-state index in [0.29, 0.717) is 13.1 Å². The molecule has 0 bridgehead atoms. The Balaban J connectivity index is 2.32. The second-order valence-corrected chi connectivity index (χ2v) is 5.01. The summed E-state index contributed by atoms with van der Waals surface area (Å²) >= 11 is 0. The van der Waals surface area contributed by atoms with E-state index in [-0.39, 0.29) is 24.2 Å². The quantitative estimate of drug-likeness (QED) is 0.837. The Morgan fingerprint density at radius 3 is 2.40 bits per heavy atom. The fraction of sp³-hybridized carbons (Fsp3) is 0.500. The van der Waals surface area contributed by atoms with Crippen LogP contribution >= 0.6 is 0 Å². The summed E-state index contributed by atoms with van der Waals surface area (Å²) in [6, 6.07) is 7.88. The summed E-state index contributed by atoms with van der Waals surface area (Å²) in [6.45, 7) is 0.627. The van der Waals surface area contributed by atoms with Crippen LogP contribution in [0.2, 0.25) is 0 Å². The first-order chi connectivity index (χ1) is 9.38. The maximum Gasteiger partial charge on any atom is 0.428 e. The van der Waals surface area contributed by atoms with Crippen molar-refractivity contribution in [1.29, 1.82) is 5.26 Å². The average Bonchev–Trinajstić information content (AvgIpc) is 2.41. The highest BCUT2D eigenvalue weighted by atomic mass is 19.4. The number of benzene rings is 1. The smallest absolute Gasteiger partial charge is 0.428 e.